The fraction of sp³-hybridized carbons (Fsp3) is 0.364. The summed E-state index contributed by atoms with van der Waals surface area (Å²) >= 11 is 1.50. The highest BCUT2D eigenvalue weighted by Gasteiger charge is 2.22. The summed E-state index contributed by atoms with van der Waals surface area (Å²) in [7, 11) is 1.64. The van der Waals surface area contributed by atoms with Crippen LogP contribution in [0.5, 0.6) is 5.75 Å². The first-order chi connectivity index (χ1) is 15.1. The van der Waals surface area contributed by atoms with Crippen LogP contribution in [0.4, 0.5) is 5.13 Å². The predicted molar refractivity (Wildman–Crippen MR) is 124 cm³/mol. The third-order valence-electron chi connectivity index (χ3n) is 5.36. The Bertz CT molecular complexity index is 1180. The number of amides is 1. The first-order valence-corrected chi connectivity index (χ1v) is 11.2. The van der Waals surface area contributed by atoms with Crippen molar-refractivity contribution in [3.63, 3.8) is 0 Å². The van der Waals surface area contributed by atoms with Crippen molar-refractivity contribution in [2.24, 2.45) is 0 Å². The molecule has 0 radical (unpaired) electrons. The number of hydrogen-bond acceptors (Lipinski definition) is 7. The maximum absolute atomic E-state index is 13.4. The highest BCUT2D eigenvalue weighted by atomic mass is 32.1. The summed E-state index contributed by atoms with van der Waals surface area (Å²) in [5.41, 5.74) is 2.47. The summed E-state index contributed by atoms with van der Waals surface area (Å²) in [5, 5.41) is 9.03. The number of fused-ring (bicyclic) bond motifs is 2. The van der Waals surface area contributed by atoms with E-state index < -0.39 is 0 Å². The van der Waals surface area contributed by atoms with Crippen LogP contribution in [-0.4, -0.2) is 64.1 Å². The number of carbonyl (C=O) groups is 1. The van der Waals surface area contributed by atoms with Crippen molar-refractivity contribution < 1.29 is 9.53 Å². The summed E-state index contributed by atoms with van der Waals surface area (Å²) in [6.45, 7) is 7.56. The average molecular weight is 439 g/mol. The minimum Gasteiger partial charge on any atom is -0.497 e. The molecule has 4 rings (SSSR count). The quantitative estimate of drug-likeness (QED) is 0.399. The molecule has 1 amide bonds. The Balaban J connectivity index is 1.64. The zero-order chi connectivity index (χ0) is 21.8. The zero-order valence-corrected chi connectivity index (χ0v) is 18.8. The van der Waals surface area contributed by atoms with Crippen molar-refractivity contribution in [1.29, 1.82) is 0 Å². The summed E-state index contributed by atoms with van der Waals surface area (Å²) in [4.78, 5) is 22.2. The van der Waals surface area contributed by atoms with E-state index >= 15 is 0 Å². The van der Waals surface area contributed by atoms with E-state index in [1.165, 1.54) is 11.3 Å². The number of ether oxygens (including phenoxy) is 1. The minimum absolute atomic E-state index is 0.0613. The van der Waals surface area contributed by atoms with Crippen LogP contribution in [0.3, 0.4) is 0 Å². The lowest BCUT2D eigenvalue weighted by atomic mass is 10.3. The molecule has 0 aliphatic rings. The molecule has 0 aliphatic carbocycles. The van der Waals surface area contributed by atoms with E-state index in [1.54, 1.807) is 16.7 Å². The molecule has 0 aliphatic heterocycles. The number of likely N-dealkylation sites (N-methyl/N-ethyl adjacent to an activating group) is 1. The van der Waals surface area contributed by atoms with Gasteiger partial charge in [-0.15, -0.1) is 5.10 Å². The number of methoxy groups -OCH3 is 1. The Hall–Kier alpha value is -3.04. The Labute approximate surface area is 185 Å². The standard InChI is InChI=1S/C22H26N6O2S/c1-4-26(5-2)12-13-27(22-23-18-11-10-16(30-3)14-20(18)31-22)21(29)15-28-19-9-7-6-8-17(19)24-25-28/h6-11,14H,4-5,12-13,15H2,1-3H3. The first kappa shape index (κ1) is 21.2. The van der Waals surface area contributed by atoms with Crippen LogP contribution >= 0.6 is 11.3 Å². The van der Waals surface area contributed by atoms with Gasteiger partial charge in [-0.25, -0.2) is 9.67 Å². The van der Waals surface area contributed by atoms with Gasteiger partial charge in [-0.2, -0.15) is 0 Å². The molecule has 0 saturated heterocycles. The Morgan fingerprint density at radius 2 is 1.90 bits per heavy atom. The van der Waals surface area contributed by atoms with Gasteiger partial charge in [0.25, 0.3) is 5.91 Å². The van der Waals surface area contributed by atoms with Crippen LogP contribution in [0.25, 0.3) is 21.3 Å². The predicted octanol–water partition coefficient (Wildman–Crippen LogP) is 3.42. The van der Waals surface area contributed by atoms with Gasteiger partial charge in [-0.05, 0) is 43.4 Å². The third-order valence-corrected chi connectivity index (χ3v) is 6.40. The van der Waals surface area contributed by atoms with Gasteiger partial charge >= 0.3 is 0 Å². The van der Waals surface area contributed by atoms with Crippen molar-refractivity contribution >= 4 is 43.6 Å². The van der Waals surface area contributed by atoms with Gasteiger partial charge < -0.3 is 9.64 Å². The zero-order valence-electron chi connectivity index (χ0n) is 18.0. The molecule has 2 aromatic heterocycles. The van der Waals surface area contributed by atoms with E-state index in [-0.39, 0.29) is 12.5 Å². The third kappa shape index (κ3) is 4.52. The molecule has 9 heteroatoms. The van der Waals surface area contributed by atoms with E-state index in [0.29, 0.717) is 11.7 Å². The number of para-hydroxylation sites is 1. The van der Waals surface area contributed by atoms with Crippen molar-refractivity contribution in [3.05, 3.63) is 42.5 Å². The number of anilines is 1. The minimum atomic E-state index is -0.0613. The normalized spacial score (nSPS) is 11.5. The molecule has 4 aromatic rings. The van der Waals surface area contributed by atoms with E-state index in [1.807, 2.05) is 42.5 Å². The second kappa shape index (κ2) is 9.40. The summed E-state index contributed by atoms with van der Waals surface area (Å²) < 4.78 is 7.97. The molecule has 0 spiro atoms. The van der Waals surface area contributed by atoms with E-state index in [9.17, 15) is 4.79 Å². The van der Waals surface area contributed by atoms with Crippen LogP contribution in [0.2, 0.25) is 0 Å². The maximum Gasteiger partial charge on any atom is 0.250 e. The fourth-order valence-electron chi connectivity index (χ4n) is 3.49. The lowest BCUT2D eigenvalue weighted by molar-refractivity contribution is -0.119. The number of thiazole rings is 1. The van der Waals surface area contributed by atoms with Crippen LogP contribution in [0, 0.1) is 0 Å². The van der Waals surface area contributed by atoms with Crippen molar-refractivity contribution in [3.8, 4) is 5.75 Å². The van der Waals surface area contributed by atoms with Gasteiger partial charge in [0, 0.05) is 13.1 Å². The second-order valence-electron chi connectivity index (χ2n) is 7.14. The van der Waals surface area contributed by atoms with E-state index in [4.69, 9.17) is 9.72 Å². The monoisotopic (exact) mass is 438 g/mol. The number of benzene rings is 2. The number of nitrogens with zero attached hydrogens (tertiary/aromatic N) is 6. The summed E-state index contributed by atoms with van der Waals surface area (Å²) in [6, 6.07) is 13.4. The molecule has 0 N–H and O–H groups in total. The SMILES string of the molecule is CCN(CC)CCN(C(=O)Cn1nnc2ccccc21)c1nc2ccc(OC)cc2s1. The molecule has 2 aromatic carbocycles. The lowest BCUT2D eigenvalue weighted by Crippen LogP contribution is -2.40. The van der Waals surface area contributed by atoms with Gasteiger partial charge in [0.15, 0.2) is 5.13 Å². The smallest absolute Gasteiger partial charge is 0.250 e. The largest absolute Gasteiger partial charge is 0.497 e. The topological polar surface area (TPSA) is 76.4 Å². The second-order valence-corrected chi connectivity index (χ2v) is 8.15. The van der Waals surface area contributed by atoms with Gasteiger partial charge in [0.1, 0.15) is 17.8 Å². The molecule has 0 unspecified atom stereocenters. The van der Waals surface area contributed by atoms with Crippen molar-refractivity contribution in [1.82, 2.24) is 24.9 Å². The first-order valence-electron chi connectivity index (χ1n) is 10.4. The molecule has 0 bridgehead atoms. The van der Waals surface area contributed by atoms with Gasteiger partial charge in [0.2, 0.25) is 0 Å². The number of aromatic nitrogens is 4. The van der Waals surface area contributed by atoms with E-state index in [0.717, 1.165) is 46.6 Å². The molecule has 0 fully saturated rings. The van der Waals surface area contributed by atoms with Crippen LogP contribution in [0.1, 0.15) is 13.8 Å². The Morgan fingerprint density at radius 1 is 1.10 bits per heavy atom. The van der Waals surface area contributed by atoms with E-state index in [2.05, 4.69) is 29.1 Å². The Kier molecular flexibility index (Phi) is 6.43. The molecule has 2 heterocycles. The molecular formula is C22H26N6O2S. The van der Waals surface area contributed by atoms with Crippen molar-refractivity contribution in [2.45, 2.75) is 20.4 Å². The highest BCUT2D eigenvalue weighted by molar-refractivity contribution is 7.22. The number of rotatable bonds is 9. The molecule has 8 nitrogen and oxygen atoms in total. The van der Waals surface area contributed by atoms with Gasteiger partial charge in [0.05, 0.1) is 22.8 Å². The van der Waals surface area contributed by atoms with Crippen molar-refractivity contribution in [2.75, 3.05) is 38.2 Å². The molecular weight excluding hydrogens is 412 g/mol. The molecule has 31 heavy (non-hydrogen) atoms. The number of carbonyl (C=O) groups excluding carboxylic acids is 1. The van der Waals surface area contributed by atoms with Crippen LogP contribution < -0.4 is 9.64 Å². The molecule has 162 valence electrons. The highest BCUT2D eigenvalue weighted by Crippen LogP contribution is 2.31. The fourth-order valence-corrected chi connectivity index (χ4v) is 4.53. The lowest BCUT2D eigenvalue weighted by Gasteiger charge is -2.24. The van der Waals surface area contributed by atoms with Crippen LogP contribution in [0.15, 0.2) is 42.5 Å². The van der Waals surface area contributed by atoms with Gasteiger partial charge in [-0.3, -0.25) is 9.69 Å². The average Bonchev–Trinajstić information content (AvgIpc) is 3.40. The maximum atomic E-state index is 13.4. The number of hydrogen-bond donors (Lipinski definition) is 0. The summed E-state index contributed by atoms with van der Waals surface area (Å²) in [6.07, 6.45) is 0. The Morgan fingerprint density at radius 3 is 2.68 bits per heavy atom. The van der Waals surface area contributed by atoms with Crippen LogP contribution in [-0.2, 0) is 11.3 Å². The summed E-state index contributed by atoms with van der Waals surface area (Å²) in [5.74, 6) is 0.714. The molecule has 0 saturated carbocycles. The molecule has 0 atom stereocenters. The van der Waals surface area contributed by atoms with Gasteiger partial charge in [-0.1, -0.05) is 42.5 Å².